The number of benzene rings is 2. The predicted molar refractivity (Wildman–Crippen MR) is 120 cm³/mol. The van der Waals surface area contributed by atoms with Gasteiger partial charge in [-0.05, 0) is 51.0 Å². The second-order valence-electron chi connectivity index (χ2n) is 7.67. The van der Waals surface area contributed by atoms with Crippen LogP contribution in [-0.4, -0.2) is 24.1 Å². The largest absolute Gasteiger partial charge is 0.444 e. The molecule has 2 atom stereocenters. The van der Waals surface area contributed by atoms with Gasteiger partial charge in [-0.2, -0.15) is 0 Å². The zero-order chi connectivity index (χ0) is 22.2. The highest BCUT2D eigenvalue weighted by Crippen LogP contribution is 2.53. The average Bonchev–Trinajstić information content (AvgIpc) is 2.67. The van der Waals surface area contributed by atoms with E-state index in [4.69, 9.17) is 13.8 Å². The van der Waals surface area contributed by atoms with Crippen LogP contribution in [0.2, 0.25) is 0 Å². The summed E-state index contributed by atoms with van der Waals surface area (Å²) in [5.41, 5.74) is 1.09. The van der Waals surface area contributed by atoms with E-state index in [0.29, 0.717) is 5.75 Å². The molecule has 0 aliphatic rings. The first-order valence-corrected chi connectivity index (χ1v) is 11.5. The Morgan fingerprint density at radius 1 is 1.13 bits per heavy atom. The maximum Gasteiger partial charge on any atom is 0.408 e. The summed E-state index contributed by atoms with van der Waals surface area (Å²) in [6.07, 6.45) is 1.27. The summed E-state index contributed by atoms with van der Waals surface area (Å²) in [6, 6.07) is 16.4. The lowest BCUT2D eigenvalue weighted by molar-refractivity contribution is 0.0512. The van der Waals surface area contributed by atoms with Gasteiger partial charge in [-0.1, -0.05) is 55.1 Å². The van der Waals surface area contributed by atoms with Crippen LogP contribution >= 0.6 is 7.60 Å². The lowest BCUT2D eigenvalue weighted by Crippen LogP contribution is -2.41. The molecule has 0 saturated carbocycles. The fourth-order valence-corrected chi connectivity index (χ4v) is 4.53. The zero-order valence-corrected chi connectivity index (χ0v) is 18.9. The van der Waals surface area contributed by atoms with E-state index in [1.807, 2.05) is 30.3 Å². The summed E-state index contributed by atoms with van der Waals surface area (Å²) in [7, 11) is -3.80. The Kier molecular flexibility index (Phi) is 8.27. The summed E-state index contributed by atoms with van der Waals surface area (Å²) in [4.78, 5) is 12.5. The summed E-state index contributed by atoms with van der Waals surface area (Å²) in [5.74, 6) is -0.560. The van der Waals surface area contributed by atoms with Crippen LogP contribution in [-0.2, 0) is 20.2 Å². The van der Waals surface area contributed by atoms with Crippen LogP contribution in [0.25, 0.3) is 6.08 Å². The Bertz CT molecular complexity index is 875. The molecule has 0 heterocycles. The van der Waals surface area contributed by atoms with Crippen molar-refractivity contribution in [2.24, 2.45) is 0 Å². The van der Waals surface area contributed by atoms with Gasteiger partial charge < -0.3 is 14.6 Å². The first-order chi connectivity index (χ1) is 14.1. The SMILES string of the molecule is C=Cc1ccc(OP(=O)(OCC)C(Cc2ccccc2)NC(=O)OC(C)(C)C)cc1. The van der Waals surface area contributed by atoms with Crippen molar-refractivity contribution in [3.05, 3.63) is 72.3 Å². The van der Waals surface area contributed by atoms with Crippen LogP contribution in [0.5, 0.6) is 5.75 Å². The molecular formula is C23H30NO5P. The van der Waals surface area contributed by atoms with Crippen LogP contribution in [0.3, 0.4) is 0 Å². The third-order valence-corrected chi connectivity index (χ3v) is 6.15. The molecular weight excluding hydrogens is 401 g/mol. The first kappa shape index (κ1) is 23.7. The van der Waals surface area contributed by atoms with Crippen LogP contribution in [0.1, 0.15) is 38.8 Å². The van der Waals surface area contributed by atoms with Crippen molar-refractivity contribution < 1.29 is 23.1 Å². The van der Waals surface area contributed by atoms with Crippen molar-refractivity contribution >= 4 is 19.8 Å². The number of rotatable bonds is 9. The van der Waals surface area contributed by atoms with Crippen molar-refractivity contribution in [1.29, 1.82) is 0 Å². The van der Waals surface area contributed by atoms with Gasteiger partial charge in [0.2, 0.25) is 0 Å². The number of amides is 1. The van der Waals surface area contributed by atoms with Crippen molar-refractivity contribution in [1.82, 2.24) is 5.32 Å². The lowest BCUT2D eigenvalue weighted by atomic mass is 10.1. The van der Waals surface area contributed by atoms with Gasteiger partial charge in [0.25, 0.3) is 0 Å². The Balaban J connectivity index is 2.33. The molecule has 0 fully saturated rings. The van der Waals surface area contributed by atoms with Crippen LogP contribution in [0.4, 0.5) is 4.79 Å². The molecule has 30 heavy (non-hydrogen) atoms. The van der Waals surface area contributed by atoms with Gasteiger partial charge in [0.15, 0.2) is 0 Å². The maximum atomic E-state index is 13.8. The number of carbonyl (C=O) groups is 1. The molecule has 2 rings (SSSR count). The standard InChI is InChI=1S/C23H30NO5P/c1-6-18-13-15-20(16-14-18)29-30(26,27-7-2)21(17-19-11-9-8-10-12-19)24-22(25)28-23(3,4)5/h6,8-16,21H,1,7,17H2,2-5H3,(H,24,25). The van der Waals surface area contributed by atoms with E-state index >= 15 is 0 Å². The Hall–Kier alpha value is -2.56. The maximum absolute atomic E-state index is 13.8. The molecule has 2 aromatic carbocycles. The number of alkyl carbamates (subject to hydrolysis) is 1. The topological polar surface area (TPSA) is 73.9 Å². The van der Waals surface area contributed by atoms with E-state index < -0.39 is 25.1 Å². The highest BCUT2D eigenvalue weighted by atomic mass is 31.2. The lowest BCUT2D eigenvalue weighted by Gasteiger charge is -2.29. The number of hydrogen-bond donors (Lipinski definition) is 1. The van der Waals surface area contributed by atoms with Crippen molar-refractivity contribution in [3.63, 3.8) is 0 Å². The fourth-order valence-electron chi connectivity index (χ4n) is 2.69. The Morgan fingerprint density at radius 3 is 2.30 bits per heavy atom. The Labute approximate surface area is 178 Å². The number of hydrogen-bond acceptors (Lipinski definition) is 5. The molecule has 1 amide bonds. The van der Waals surface area contributed by atoms with Gasteiger partial charge in [-0.25, -0.2) is 9.36 Å². The summed E-state index contributed by atoms with van der Waals surface area (Å²) < 4.78 is 30.6. The Morgan fingerprint density at radius 2 is 1.77 bits per heavy atom. The van der Waals surface area contributed by atoms with Crippen LogP contribution in [0.15, 0.2) is 61.2 Å². The second-order valence-corrected chi connectivity index (χ2v) is 9.82. The van der Waals surface area contributed by atoms with Gasteiger partial charge in [-0.15, -0.1) is 0 Å². The second kappa shape index (κ2) is 10.5. The number of carbonyl (C=O) groups excluding carboxylic acids is 1. The monoisotopic (exact) mass is 431 g/mol. The minimum absolute atomic E-state index is 0.156. The van der Waals surface area contributed by atoms with Crippen molar-refractivity contribution in [2.45, 2.75) is 45.5 Å². The van der Waals surface area contributed by atoms with Crippen molar-refractivity contribution in [3.8, 4) is 5.75 Å². The third kappa shape index (κ3) is 7.36. The van der Waals surface area contributed by atoms with E-state index in [2.05, 4.69) is 11.9 Å². The summed E-state index contributed by atoms with van der Waals surface area (Å²) in [6.45, 7) is 10.9. The molecule has 0 radical (unpaired) electrons. The van der Waals surface area contributed by atoms with Crippen molar-refractivity contribution in [2.75, 3.05) is 6.61 Å². The smallest absolute Gasteiger partial charge is 0.408 e. The zero-order valence-electron chi connectivity index (χ0n) is 18.0. The van der Waals surface area contributed by atoms with Gasteiger partial charge in [0.1, 0.15) is 17.1 Å². The molecule has 0 aromatic heterocycles. The molecule has 0 saturated heterocycles. The molecule has 0 spiro atoms. The molecule has 0 bridgehead atoms. The van der Waals surface area contributed by atoms with E-state index in [0.717, 1.165) is 11.1 Å². The number of ether oxygens (including phenoxy) is 1. The summed E-state index contributed by atoms with van der Waals surface area (Å²) in [5, 5.41) is 2.70. The van der Waals surface area contributed by atoms with E-state index in [1.165, 1.54) is 0 Å². The predicted octanol–water partition coefficient (Wildman–Crippen LogP) is 6.03. The average molecular weight is 431 g/mol. The first-order valence-electron chi connectivity index (χ1n) is 9.85. The molecule has 2 aromatic rings. The minimum atomic E-state index is -3.80. The van der Waals surface area contributed by atoms with Gasteiger partial charge in [0.05, 0.1) is 6.61 Å². The normalized spacial score (nSPS) is 14.3. The summed E-state index contributed by atoms with van der Waals surface area (Å²) >= 11 is 0. The minimum Gasteiger partial charge on any atom is -0.444 e. The fraction of sp³-hybridized carbons (Fsp3) is 0.348. The molecule has 0 aliphatic carbocycles. The molecule has 0 aliphatic heterocycles. The highest BCUT2D eigenvalue weighted by molar-refractivity contribution is 7.55. The molecule has 7 heteroatoms. The highest BCUT2D eigenvalue weighted by Gasteiger charge is 2.39. The van der Waals surface area contributed by atoms with E-state index in [-0.39, 0.29) is 13.0 Å². The van der Waals surface area contributed by atoms with E-state index in [9.17, 15) is 9.36 Å². The molecule has 162 valence electrons. The number of nitrogens with one attached hydrogen (secondary N) is 1. The van der Waals surface area contributed by atoms with Gasteiger partial charge in [0, 0.05) is 6.42 Å². The van der Waals surface area contributed by atoms with Crippen LogP contribution in [0, 0.1) is 0 Å². The molecule has 1 N–H and O–H groups in total. The van der Waals surface area contributed by atoms with Gasteiger partial charge >= 0.3 is 13.7 Å². The third-order valence-electron chi connectivity index (χ3n) is 3.99. The molecule has 2 unspecified atom stereocenters. The van der Waals surface area contributed by atoms with Gasteiger partial charge in [-0.3, -0.25) is 4.52 Å². The molecule has 6 nitrogen and oxygen atoms in total. The quantitative estimate of drug-likeness (QED) is 0.491. The van der Waals surface area contributed by atoms with Crippen LogP contribution < -0.4 is 9.84 Å². The van der Waals surface area contributed by atoms with E-state index in [1.54, 1.807) is 58.0 Å².